The minimum atomic E-state index is -0.267. The van der Waals surface area contributed by atoms with Gasteiger partial charge in [0.15, 0.2) is 11.5 Å². The Bertz CT molecular complexity index is 1020. The van der Waals surface area contributed by atoms with Crippen LogP contribution in [0.1, 0.15) is 33.2 Å². The fourth-order valence-electron chi connectivity index (χ4n) is 4.35. The lowest BCUT2D eigenvalue weighted by Crippen LogP contribution is -2.48. The lowest BCUT2D eigenvalue weighted by atomic mass is 9.97. The first kappa shape index (κ1) is 18.0. The minimum Gasteiger partial charge on any atom is -0.493 e. The van der Waals surface area contributed by atoms with Crippen molar-refractivity contribution in [2.45, 2.75) is 19.1 Å². The number of amidine groups is 1. The average Bonchev–Trinajstić information content (AvgIpc) is 2.75. The van der Waals surface area contributed by atoms with E-state index in [0.29, 0.717) is 12.1 Å². The van der Waals surface area contributed by atoms with Crippen LogP contribution in [0.15, 0.2) is 35.3 Å². The van der Waals surface area contributed by atoms with E-state index in [2.05, 4.69) is 27.1 Å². The molecule has 1 amide bonds. The van der Waals surface area contributed by atoms with Crippen molar-refractivity contribution in [2.24, 2.45) is 4.99 Å². The number of rotatable bonds is 4. The molecule has 0 fully saturated rings. The third kappa shape index (κ3) is 3.01. The number of benzene rings is 2. The molecule has 5 rings (SSSR count). The molecule has 0 aromatic heterocycles. The maximum Gasteiger partial charge on any atom is 0.265 e. The van der Waals surface area contributed by atoms with Gasteiger partial charge < -0.3 is 14.8 Å². The van der Waals surface area contributed by atoms with Gasteiger partial charge in [0.25, 0.3) is 5.91 Å². The number of ether oxygens (including phenoxy) is 2. The summed E-state index contributed by atoms with van der Waals surface area (Å²) in [5, 5.41) is 3.41. The summed E-state index contributed by atoms with van der Waals surface area (Å²) < 4.78 is 11.0. The van der Waals surface area contributed by atoms with Crippen LogP contribution in [-0.4, -0.2) is 44.0 Å². The van der Waals surface area contributed by atoms with Crippen molar-refractivity contribution in [1.29, 1.82) is 0 Å². The van der Waals surface area contributed by atoms with E-state index in [1.165, 1.54) is 11.1 Å². The lowest BCUT2D eigenvalue weighted by Gasteiger charge is -2.34. The number of fused-ring (bicyclic) bond motifs is 1. The van der Waals surface area contributed by atoms with Crippen LogP contribution in [0, 0.1) is 0 Å². The highest BCUT2D eigenvalue weighted by Crippen LogP contribution is 2.37. The second kappa shape index (κ2) is 7.06. The molecule has 0 bridgehead atoms. The Morgan fingerprint density at radius 2 is 2.10 bits per heavy atom. The van der Waals surface area contributed by atoms with E-state index in [0.717, 1.165) is 48.1 Å². The summed E-state index contributed by atoms with van der Waals surface area (Å²) in [5.41, 5.74) is 10.7. The van der Waals surface area contributed by atoms with Gasteiger partial charge in [-0.1, -0.05) is 12.1 Å². The predicted molar refractivity (Wildman–Crippen MR) is 109 cm³/mol. The zero-order valence-corrected chi connectivity index (χ0v) is 16.4. The van der Waals surface area contributed by atoms with Crippen LogP contribution in [0.5, 0.6) is 11.5 Å². The molecule has 0 radical (unpaired) electrons. The highest BCUT2D eigenvalue weighted by atomic mass is 16.5. The molecule has 8 nitrogen and oxygen atoms in total. The SMILES string of the molecule is COc1ccc2c(c1OC)CCN(CC1=NC3NNC(=O)c4cccc(c43)N1)C2. The molecule has 150 valence electrons. The van der Waals surface area contributed by atoms with Crippen molar-refractivity contribution >= 4 is 17.4 Å². The number of aliphatic imine (C=N–C) groups is 1. The van der Waals surface area contributed by atoms with E-state index in [4.69, 9.17) is 14.5 Å². The van der Waals surface area contributed by atoms with Crippen molar-refractivity contribution in [3.05, 3.63) is 52.6 Å². The Kier molecular flexibility index (Phi) is 4.37. The molecular formula is C21H23N5O3. The first-order valence-electron chi connectivity index (χ1n) is 9.65. The van der Waals surface area contributed by atoms with Gasteiger partial charge in [0.2, 0.25) is 0 Å². The average molecular weight is 393 g/mol. The maximum absolute atomic E-state index is 12.1. The smallest absolute Gasteiger partial charge is 0.265 e. The van der Waals surface area contributed by atoms with Gasteiger partial charge in [0, 0.05) is 35.5 Å². The van der Waals surface area contributed by atoms with Crippen LogP contribution < -0.4 is 25.6 Å². The largest absolute Gasteiger partial charge is 0.493 e. The summed E-state index contributed by atoms with van der Waals surface area (Å²) in [6.07, 6.45) is 0.623. The fraction of sp³-hybridized carbons (Fsp3) is 0.333. The van der Waals surface area contributed by atoms with E-state index >= 15 is 0 Å². The minimum absolute atomic E-state index is 0.129. The quantitative estimate of drug-likeness (QED) is 0.735. The number of hydrogen-bond donors (Lipinski definition) is 3. The van der Waals surface area contributed by atoms with Gasteiger partial charge in [-0.25, -0.2) is 10.4 Å². The number of anilines is 1. The van der Waals surface area contributed by atoms with E-state index < -0.39 is 0 Å². The van der Waals surface area contributed by atoms with Gasteiger partial charge in [-0.2, -0.15) is 0 Å². The maximum atomic E-state index is 12.1. The summed E-state index contributed by atoms with van der Waals surface area (Å²) in [4.78, 5) is 19.2. The second-order valence-corrected chi connectivity index (χ2v) is 7.37. The van der Waals surface area contributed by atoms with Gasteiger partial charge >= 0.3 is 0 Å². The molecule has 2 aromatic rings. The highest BCUT2D eigenvalue weighted by molar-refractivity contribution is 6.04. The van der Waals surface area contributed by atoms with Gasteiger partial charge in [-0.3, -0.25) is 15.1 Å². The van der Waals surface area contributed by atoms with Crippen LogP contribution in [-0.2, 0) is 13.0 Å². The Labute approximate surface area is 168 Å². The number of methoxy groups -OCH3 is 2. The van der Waals surface area contributed by atoms with Crippen molar-refractivity contribution in [1.82, 2.24) is 15.8 Å². The molecule has 29 heavy (non-hydrogen) atoms. The molecule has 0 spiro atoms. The van der Waals surface area contributed by atoms with Crippen molar-refractivity contribution in [3.8, 4) is 11.5 Å². The molecular weight excluding hydrogens is 370 g/mol. The standard InChI is InChI=1S/C21H23N5O3/c1-28-16-7-6-12-10-26(9-8-13(12)19(16)29-2)11-17-22-15-5-3-4-14-18(15)20(23-17)24-25-21(14)27/h3-7,20,24H,8-11H2,1-2H3,(H,22,23)(H,25,27). The van der Waals surface area contributed by atoms with Gasteiger partial charge in [0.1, 0.15) is 12.0 Å². The van der Waals surface area contributed by atoms with Crippen molar-refractivity contribution in [3.63, 3.8) is 0 Å². The van der Waals surface area contributed by atoms with Crippen LogP contribution in [0.25, 0.3) is 0 Å². The normalized spacial score (nSPS) is 20.0. The molecule has 1 atom stereocenters. The molecule has 0 aliphatic carbocycles. The molecule has 8 heteroatoms. The van der Waals surface area contributed by atoms with E-state index in [-0.39, 0.29) is 12.1 Å². The van der Waals surface area contributed by atoms with Crippen LogP contribution in [0.2, 0.25) is 0 Å². The Morgan fingerprint density at radius 3 is 2.93 bits per heavy atom. The van der Waals surface area contributed by atoms with Gasteiger partial charge in [-0.05, 0) is 30.2 Å². The summed E-state index contributed by atoms with van der Waals surface area (Å²) in [5.74, 6) is 2.36. The number of hydrogen-bond acceptors (Lipinski definition) is 7. The third-order valence-corrected chi connectivity index (χ3v) is 5.70. The Balaban J connectivity index is 1.36. The summed E-state index contributed by atoms with van der Waals surface area (Å²) in [6, 6.07) is 9.78. The van der Waals surface area contributed by atoms with E-state index in [9.17, 15) is 4.79 Å². The number of amides is 1. The predicted octanol–water partition coefficient (Wildman–Crippen LogP) is 1.83. The third-order valence-electron chi connectivity index (χ3n) is 5.70. The van der Waals surface area contributed by atoms with Gasteiger partial charge in [0.05, 0.1) is 20.8 Å². The zero-order chi connectivity index (χ0) is 20.0. The van der Waals surface area contributed by atoms with Crippen LogP contribution >= 0.6 is 0 Å². The molecule has 0 saturated carbocycles. The van der Waals surface area contributed by atoms with Crippen molar-refractivity contribution < 1.29 is 14.3 Å². The van der Waals surface area contributed by atoms with Crippen LogP contribution in [0.4, 0.5) is 5.69 Å². The monoisotopic (exact) mass is 393 g/mol. The highest BCUT2D eigenvalue weighted by Gasteiger charge is 2.31. The molecule has 0 saturated heterocycles. The summed E-state index contributed by atoms with van der Waals surface area (Å²) >= 11 is 0. The molecule has 3 heterocycles. The number of carbonyl (C=O) groups is 1. The Hall–Kier alpha value is -3.10. The van der Waals surface area contributed by atoms with Crippen molar-refractivity contribution in [2.75, 3.05) is 32.6 Å². The molecule has 3 N–H and O–H groups in total. The first-order chi connectivity index (χ1) is 14.2. The van der Waals surface area contributed by atoms with E-state index in [1.807, 2.05) is 24.3 Å². The molecule has 2 aromatic carbocycles. The zero-order valence-electron chi connectivity index (χ0n) is 16.4. The topological polar surface area (TPSA) is 87.2 Å². The number of carbonyl (C=O) groups excluding carboxylic acids is 1. The summed E-state index contributed by atoms with van der Waals surface area (Å²) in [6.45, 7) is 2.42. The lowest BCUT2D eigenvalue weighted by molar-refractivity contribution is 0.0908. The molecule has 3 aliphatic heterocycles. The number of hydrazine groups is 1. The Morgan fingerprint density at radius 1 is 1.21 bits per heavy atom. The van der Waals surface area contributed by atoms with Gasteiger partial charge in [-0.15, -0.1) is 0 Å². The number of nitrogens with zero attached hydrogens (tertiary/aromatic N) is 2. The molecule has 3 aliphatic rings. The van der Waals surface area contributed by atoms with Crippen LogP contribution in [0.3, 0.4) is 0 Å². The first-order valence-corrected chi connectivity index (χ1v) is 9.65. The molecule has 1 unspecified atom stereocenters. The fourth-order valence-corrected chi connectivity index (χ4v) is 4.35. The van der Waals surface area contributed by atoms with E-state index in [1.54, 1.807) is 14.2 Å². The summed E-state index contributed by atoms with van der Waals surface area (Å²) in [7, 11) is 3.35. The number of nitrogens with one attached hydrogen (secondary N) is 3. The second-order valence-electron chi connectivity index (χ2n) is 7.37.